The van der Waals surface area contributed by atoms with Gasteiger partial charge in [0.2, 0.25) is 26.0 Å². The molecule has 0 saturated carbocycles. The Balaban J connectivity index is 1.53. The van der Waals surface area contributed by atoms with Crippen molar-refractivity contribution in [1.29, 1.82) is 0 Å². The average Bonchev–Trinajstić information content (AvgIpc) is 3.64. The third-order valence-corrected chi connectivity index (χ3v) is 10.7. The summed E-state index contributed by atoms with van der Waals surface area (Å²) >= 11 is 1.50. The van der Waals surface area contributed by atoms with Crippen molar-refractivity contribution in [2.75, 3.05) is 30.3 Å². The number of aromatic nitrogens is 2. The van der Waals surface area contributed by atoms with Crippen LogP contribution in [0.1, 0.15) is 25.0 Å². The van der Waals surface area contributed by atoms with Crippen LogP contribution < -0.4 is 25.6 Å². The number of nitrogens with zero attached hydrogens (tertiary/aromatic N) is 4. The van der Waals surface area contributed by atoms with Crippen molar-refractivity contribution in [3.05, 3.63) is 107 Å². The molecule has 16 heteroatoms. The molecule has 0 aliphatic heterocycles. The number of hydrazone groups is 2. The fourth-order valence-corrected chi connectivity index (χ4v) is 6.51. The molecule has 2 aromatic heterocycles. The van der Waals surface area contributed by atoms with E-state index < -0.39 is 20.0 Å². The molecular formula is C32H33N9O4S3. The lowest BCUT2D eigenvalue weighted by molar-refractivity contribution is 0.586. The Labute approximate surface area is 283 Å². The van der Waals surface area contributed by atoms with Crippen LogP contribution >= 0.6 is 11.3 Å². The maximum atomic E-state index is 12.2. The first-order valence-corrected chi connectivity index (χ1v) is 18.4. The standard InChI is InChI=1S/C32H33N9O4S3/c1-21(23-10-14-27(15-11-23)47(42,43)33-3)38-40-30-29(25-18-19-46-20-25)31(37-32(36-30)35-26-8-6-5-7-9-26)41-39-22(2)24-12-16-28(17-13-24)48(44,45)34-4/h5-20,33-34H,1-4H3,(H3,35,36,37,40,41). The largest absolute Gasteiger partial charge is 0.324 e. The number of thiophene rings is 1. The van der Waals surface area contributed by atoms with Gasteiger partial charge in [0, 0.05) is 5.69 Å². The maximum absolute atomic E-state index is 12.2. The van der Waals surface area contributed by atoms with Crippen LogP contribution in [0.15, 0.2) is 116 Å². The summed E-state index contributed by atoms with van der Waals surface area (Å²) in [6.45, 7) is 3.59. The molecule has 248 valence electrons. The molecule has 0 atom stereocenters. The number of para-hydroxylation sites is 1. The molecule has 0 aliphatic carbocycles. The van der Waals surface area contributed by atoms with E-state index in [1.807, 2.05) is 47.2 Å². The van der Waals surface area contributed by atoms with Crippen molar-refractivity contribution in [2.24, 2.45) is 10.2 Å². The highest BCUT2D eigenvalue weighted by Crippen LogP contribution is 2.36. The van der Waals surface area contributed by atoms with Gasteiger partial charge < -0.3 is 5.32 Å². The molecule has 0 bridgehead atoms. The van der Waals surface area contributed by atoms with E-state index in [2.05, 4.69) is 35.8 Å². The minimum atomic E-state index is -3.57. The zero-order valence-corrected chi connectivity index (χ0v) is 28.8. The highest BCUT2D eigenvalue weighted by Gasteiger charge is 2.19. The van der Waals surface area contributed by atoms with Crippen LogP contribution in [0.4, 0.5) is 23.3 Å². The molecule has 48 heavy (non-hydrogen) atoms. The van der Waals surface area contributed by atoms with Gasteiger partial charge in [-0.3, -0.25) is 10.9 Å². The lowest BCUT2D eigenvalue weighted by Gasteiger charge is -2.15. The van der Waals surface area contributed by atoms with E-state index in [0.717, 1.165) is 11.3 Å². The van der Waals surface area contributed by atoms with Crippen molar-refractivity contribution in [2.45, 2.75) is 23.6 Å². The van der Waals surface area contributed by atoms with Crippen LogP contribution in [0.5, 0.6) is 0 Å². The van der Waals surface area contributed by atoms with Gasteiger partial charge in [-0.1, -0.05) is 42.5 Å². The summed E-state index contributed by atoms with van der Waals surface area (Å²) in [5, 5.41) is 16.3. The third-order valence-electron chi connectivity index (χ3n) is 7.11. The number of hydrogen-bond acceptors (Lipinski definition) is 12. The fourth-order valence-electron chi connectivity index (χ4n) is 4.40. The van der Waals surface area contributed by atoms with E-state index in [1.54, 1.807) is 38.1 Å². The summed E-state index contributed by atoms with van der Waals surface area (Å²) in [6, 6.07) is 24.2. The average molecular weight is 704 g/mol. The Kier molecular flexibility index (Phi) is 10.6. The predicted octanol–water partition coefficient (Wildman–Crippen LogP) is 5.44. The second-order valence-corrected chi connectivity index (χ2v) is 14.8. The summed E-state index contributed by atoms with van der Waals surface area (Å²) in [5.41, 5.74) is 11.0. The zero-order chi connectivity index (χ0) is 34.3. The Morgan fingerprint density at radius 2 is 1.15 bits per heavy atom. The molecule has 0 saturated heterocycles. The number of sulfonamides is 2. The normalized spacial score (nSPS) is 12.5. The lowest BCUT2D eigenvalue weighted by atomic mass is 10.1. The first-order chi connectivity index (χ1) is 23.0. The van der Waals surface area contributed by atoms with E-state index >= 15 is 0 Å². The van der Waals surface area contributed by atoms with E-state index in [9.17, 15) is 16.8 Å². The van der Waals surface area contributed by atoms with Gasteiger partial charge in [-0.05, 0) is 97.9 Å². The van der Waals surface area contributed by atoms with E-state index in [1.165, 1.54) is 49.7 Å². The Bertz CT molecular complexity index is 2040. The van der Waals surface area contributed by atoms with Crippen LogP contribution in [0.2, 0.25) is 0 Å². The van der Waals surface area contributed by atoms with E-state index in [0.29, 0.717) is 39.7 Å². The number of nitrogens with one attached hydrogen (secondary N) is 5. The summed E-state index contributed by atoms with van der Waals surface area (Å²) in [7, 11) is -4.42. The second kappa shape index (κ2) is 14.8. The van der Waals surface area contributed by atoms with Crippen LogP contribution in [-0.2, 0) is 20.0 Å². The highest BCUT2D eigenvalue weighted by molar-refractivity contribution is 7.89. The van der Waals surface area contributed by atoms with Crippen molar-refractivity contribution in [3.63, 3.8) is 0 Å². The summed E-state index contributed by atoms with van der Waals surface area (Å²) in [6.07, 6.45) is 0. The lowest BCUT2D eigenvalue weighted by Crippen LogP contribution is -2.18. The molecule has 0 amide bonds. The molecule has 5 rings (SSSR count). The van der Waals surface area contributed by atoms with E-state index in [-0.39, 0.29) is 15.7 Å². The van der Waals surface area contributed by atoms with Gasteiger partial charge >= 0.3 is 0 Å². The quantitative estimate of drug-likeness (QED) is 0.0789. The van der Waals surface area contributed by atoms with Gasteiger partial charge in [0.1, 0.15) is 0 Å². The van der Waals surface area contributed by atoms with Crippen molar-refractivity contribution in [1.82, 2.24) is 19.4 Å². The molecule has 2 heterocycles. The smallest absolute Gasteiger partial charge is 0.240 e. The molecule has 5 aromatic rings. The zero-order valence-electron chi connectivity index (χ0n) is 26.4. The second-order valence-electron chi connectivity index (χ2n) is 10.2. The molecule has 0 radical (unpaired) electrons. The molecule has 0 spiro atoms. The molecule has 0 unspecified atom stereocenters. The third kappa shape index (κ3) is 8.10. The summed E-state index contributed by atoms with van der Waals surface area (Å²) in [4.78, 5) is 9.81. The molecule has 5 N–H and O–H groups in total. The first-order valence-electron chi connectivity index (χ1n) is 14.5. The predicted molar refractivity (Wildman–Crippen MR) is 192 cm³/mol. The first kappa shape index (κ1) is 34.3. The molecule has 3 aromatic carbocycles. The van der Waals surface area contributed by atoms with Crippen LogP contribution in [0, 0.1) is 0 Å². The Morgan fingerprint density at radius 1 is 0.667 bits per heavy atom. The molecule has 13 nitrogen and oxygen atoms in total. The van der Waals surface area contributed by atoms with Crippen molar-refractivity contribution >= 4 is 66.1 Å². The van der Waals surface area contributed by atoms with Gasteiger partial charge in [-0.2, -0.15) is 31.5 Å². The Morgan fingerprint density at radius 3 is 1.56 bits per heavy atom. The van der Waals surface area contributed by atoms with Gasteiger partial charge in [-0.15, -0.1) is 0 Å². The number of hydrogen-bond donors (Lipinski definition) is 5. The van der Waals surface area contributed by atoms with Crippen LogP contribution in [0.3, 0.4) is 0 Å². The minimum absolute atomic E-state index is 0.146. The Hall–Kier alpha value is -5.00. The van der Waals surface area contributed by atoms with Gasteiger partial charge in [0.15, 0.2) is 11.6 Å². The topological polar surface area (TPSA) is 179 Å². The number of benzene rings is 3. The number of rotatable bonds is 13. The van der Waals surface area contributed by atoms with Gasteiger partial charge in [0.25, 0.3) is 0 Å². The monoisotopic (exact) mass is 703 g/mol. The van der Waals surface area contributed by atoms with E-state index in [4.69, 9.17) is 9.97 Å². The number of anilines is 4. The van der Waals surface area contributed by atoms with Crippen molar-refractivity contribution < 1.29 is 16.8 Å². The fraction of sp³-hybridized carbons (Fsp3) is 0.125. The molecule has 0 aliphatic rings. The SMILES string of the molecule is CNS(=O)(=O)c1ccc(C(C)=NNc2nc(Nc3ccccc3)nc(NN=C(C)c3ccc(S(=O)(=O)NC)cc3)c2-c2ccsc2)cc1. The maximum Gasteiger partial charge on any atom is 0.240 e. The minimum Gasteiger partial charge on any atom is -0.324 e. The van der Waals surface area contributed by atoms with Crippen LogP contribution in [0.25, 0.3) is 11.1 Å². The summed E-state index contributed by atoms with van der Waals surface area (Å²) in [5.74, 6) is 1.04. The van der Waals surface area contributed by atoms with Gasteiger partial charge in [0.05, 0.1) is 26.8 Å². The van der Waals surface area contributed by atoms with Gasteiger partial charge in [-0.25, -0.2) is 26.3 Å². The summed E-state index contributed by atoms with van der Waals surface area (Å²) < 4.78 is 53.3. The van der Waals surface area contributed by atoms with Crippen molar-refractivity contribution in [3.8, 4) is 11.1 Å². The molecular weight excluding hydrogens is 671 g/mol. The van der Waals surface area contributed by atoms with Crippen LogP contribution in [-0.4, -0.2) is 52.3 Å². The molecule has 0 fully saturated rings. The highest BCUT2D eigenvalue weighted by atomic mass is 32.2.